The Balaban J connectivity index is 2.14. The lowest BCUT2D eigenvalue weighted by atomic mass is 10.6. The Bertz CT molecular complexity index is 488. The topological polar surface area (TPSA) is 55.6 Å². The molecule has 16 heavy (non-hydrogen) atoms. The van der Waals surface area contributed by atoms with Gasteiger partial charge in [-0.1, -0.05) is 0 Å². The number of aryl methyl sites for hydroxylation is 1. The van der Waals surface area contributed by atoms with Crippen LogP contribution in [0, 0.1) is 0 Å². The van der Waals surface area contributed by atoms with E-state index in [4.69, 9.17) is 0 Å². The monoisotopic (exact) mass is 249 g/mol. The number of alkyl halides is 3. The van der Waals surface area contributed by atoms with Gasteiger partial charge in [-0.15, -0.1) is 0 Å². The third-order valence-corrected chi connectivity index (χ3v) is 2.27. The summed E-state index contributed by atoms with van der Waals surface area (Å²) in [6.07, 6.45) is -1.41. The first-order valence-corrected chi connectivity index (χ1v) is 4.89. The van der Waals surface area contributed by atoms with Crippen LogP contribution in [0.1, 0.15) is 5.82 Å². The van der Waals surface area contributed by atoms with Crippen molar-refractivity contribution in [2.45, 2.75) is 6.18 Å². The second kappa shape index (κ2) is 3.74. The predicted octanol–water partition coefficient (Wildman–Crippen LogP) is 2.03. The molecular weight excluding hydrogens is 243 g/mol. The summed E-state index contributed by atoms with van der Waals surface area (Å²) < 4.78 is 41.3. The lowest BCUT2D eigenvalue weighted by molar-refractivity contribution is -0.144. The Labute approximate surface area is 92.1 Å². The highest BCUT2D eigenvalue weighted by Crippen LogP contribution is 2.29. The molecule has 5 nitrogen and oxygen atoms in total. The zero-order valence-electron chi connectivity index (χ0n) is 7.99. The molecule has 2 aromatic heterocycles. The fourth-order valence-corrected chi connectivity index (χ4v) is 1.61. The van der Waals surface area contributed by atoms with Crippen LogP contribution in [-0.2, 0) is 13.2 Å². The molecule has 9 heteroatoms. The van der Waals surface area contributed by atoms with Gasteiger partial charge >= 0.3 is 6.18 Å². The SMILES string of the molecule is Cn1cc(Nc2nc(C(F)(F)F)ns2)cn1. The molecule has 86 valence electrons. The van der Waals surface area contributed by atoms with Crippen LogP contribution in [-0.4, -0.2) is 19.1 Å². The van der Waals surface area contributed by atoms with Crippen molar-refractivity contribution < 1.29 is 13.2 Å². The number of nitrogens with one attached hydrogen (secondary N) is 1. The highest BCUT2D eigenvalue weighted by atomic mass is 32.1. The highest BCUT2D eigenvalue weighted by Gasteiger charge is 2.36. The summed E-state index contributed by atoms with van der Waals surface area (Å²) in [5.74, 6) is -1.14. The van der Waals surface area contributed by atoms with Crippen LogP contribution < -0.4 is 5.32 Å². The van der Waals surface area contributed by atoms with Crippen molar-refractivity contribution in [3.8, 4) is 0 Å². The maximum Gasteiger partial charge on any atom is 0.452 e. The number of anilines is 2. The fourth-order valence-electron chi connectivity index (χ4n) is 0.999. The third-order valence-electron chi connectivity index (χ3n) is 1.64. The molecule has 2 heterocycles. The van der Waals surface area contributed by atoms with Gasteiger partial charge in [0.1, 0.15) is 0 Å². The molecule has 0 unspecified atom stereocenters. The van der Waals surface area contributed by atoms with Gasteiger partial charge in [-0.25, -0.2) is 0 Å². The summed E-state index contributed by atoms with van der Waals surface area (Å²) in [6, 6.07) is 0. The molecule has 0 aliphatic heterocycles. The van der Waals surface area contributed by atoms with E-state index in [2.05, 4.69) is 19.8 Å². The predicted molar refractivity (Wildman–Crippen MR) is 51.4 cm³/mol. The quantitative estimate of drug-likeness (QED) is 0.884. The molecule has 0 radical (unpaired) electrons. The van der Waals surface area contributed by atoms with Crippen LogP contribution >= 0.6 is 11.5 Å². The summed E-state index contributed by atoms with van der Waals surface area (Å²) in [4.78, 5) is 3.32. The van der Waals surface area contributed by atoms with Gasteiger partial charge in [-0.05, 0) is 0 Å². The molecule has 0 aliphatic carbocycles. The molecule has 0 fully saturated rings. The summed E-state index contributed by atoms with van der Waals surface area (Å²) in [5.41, 5.74) is 0.562. The molecule has 0 spiro atoms. The average Bonchev–Trinajstić information content (AvgIpc) is 2.74. The van der Waals surface area contributed by atoms with Crippen molar-refractivity contribution in [2.75, 3.05) is 5.32 Å². The van der Waals surface area contributed by atoms with Gasteiger partial charge in [0, 0.05) is 24.8 Å². The number of aromatic nitrogens is 4. The van der Waals surface area contributed by atoms with Crippen LogP contribution in [0.2, 0.25) is 0 Å². The van der Waals surface area contributed by atoms with Gasteiger partial charge in [0.2, 0.25) is 11.0 Å². The largest absolute Gasteiger partial charge is 0.452 e. The van der Waals surface area contributed by atoms with Crippen molar-refractivity contribution in [3.05, 3.63) is 18.2 Å². The summed E-state index contributed by atoms with van der Waals surface area (Å²) in [7, 11) is 1.70. The minimum Gasteiger partial charge on any atom is -0.328 e. The Morgan fingerprint density at radius 3 is 2.69 bits per heavy atom. The Morgan fingerprint density at radius 2 is 2.19 bits per heavy atom. The maximum absolute atomic E-state index is 12.2. The highest BCUT2D eigenvalue weighted by molar-refractivity contribution is 7.09. The molecule has 2 rings (SSSR count). The standard InChI is InChI=1S/C7H6F3N5S/c1-15-3-4(2-11-15)12-6-13-5(14-16-6)7(8,9)10/h2-3H,1H3,(H,12,13,14). The van der Waals surface area contributed by atoms with Gasteiger partial charge in [0.25, 0.3) is 0 Å². The lowest BCUT2D eigenvalue weighted by Crippen LogP contribution is -2.07. The van der Waals surface area contributed by atoms with E-state index in [9.17, 15) is 13.2 Å². The van der Waals surface area contributed by atoms with E-state index < -0.39 is 12.0 Å². The second-order valence-corrected chi connectivity index (χ2v) is 3.70. The molecule has 0 amide bonds. The number of rotatable bonds is 2. The number of hydrogen-bond acceptors (Lipinski definition) is 5. The normalized spacial score (nSPS) is 11.8. The molecule has 0 aromatic carbocycles. The molecule has 0 aliphatic rings. The first kappa shape index (κ1) is 10.9. The summed E-state index contributed by atoms with van der Waals surface area (Å²) in [5, 5.41) is 6.62. The average molecular weight is 249 g/mol. The van der Waals surface area contributed by atoms with Crippen LogP contribution in [0.15, 0.2) is 12.4 Å². The number of halogens is 3. The fraction of sp³-hybridized carbons (Fsp3) is 0.286. The van der Waals surface area contributed by atoms with Gasteiger partial charge in [0.05, 0.1) is 11.9 Å². The third kappa shape index (κ3) is 2.30. The van der Waals surface area contributed by atoms with Gasteiger partial charge < -0.3 is 5.32 Å². The number of nitrogens with zero attached hydrogens (tertiary/aromatic N) is 4. The van der Waals surface area contributed by atoms with E-state index in [1.165, 1.54) is 10.9 Å². The van der Waals surface area contributed by atoms with E-state index in [0.29, 0.717) is 17.2 Å². The van der Waals surface area contributed by atoms with Gasteiger partial charge in [0.15, 0.2) is 0 Å². The van der Waals surface area contributed by atoms with Crippen LogP contribution in [0.3, 0.4) is 0 Å². The van der Waals surface area contributed by atoms with Gasteiger partial charge in [-0.3, -0.25) is 4.68 Å². The van der Waals surface area contributed by atoms with E-state index >= 15 is 0 Å². The first-order chi connectivity index (χ1) is 7.45. The molecule has 0 saturated heterocycles. The van der Waals surface area contributed by atoms with Crippen LogP contribution in [0.5, 0.6) is 0 Å². The van der Waals surface area contributed by atoms with Crippen LogP contribution in [0.25, 0.3) is 0 Å². The summed E-state index contributed by atoms with van der Waals surface area (Å²) >= 11 is 0.651. The smallest absolute Gasteiger partial charge is 0.328 e. The Kier molecular flexibility index (Phi) is 2.54. The van der Waals surface area contributed by atoms with E-state index in [0.717, 1.165) is 0 Å². The molecule has 0 saturated carbocycles. The van der Waals surface area contributed by atoms with Crippen molar-refractivity contribution in [2.24, 2.45) is 7.05 Å². The molecule has 0 bridgehead atoms. The maximum atomic E-state index is 12.2. The zero-order chi connectivity index (χ0) is 11.8. The van der Waals surface area contributed by atoms with E-state index in [1.54, 1.807) is 13.2 Å². The number of hydrogen-bond donors (Lipinski definition) is 1. The summed E-state index contributed by atoms with van der Waals surface area (Å²) in [6.45, 7) is 0. The lowest BCUT2D eigenvalue weighted by Gasteiger charge is -1.98. The minimum atomic E-state index is -4.51. The van der Waals surface area contributed by atoms with Crippen molar-refractivity contribution in [1.29, 1.82) is 0 Å². The zero-order valence-corrected chi connectivity index (χ0v) is 8.80. The van der Waals surface area contributed by atoms with Crippen molar-refractivity contribution >= 4 is 22.4 Å². The van der Waals surface area contributed by atoms with Crippen molar-refractivity contribution in [3.63, 3.8) is 0 Å². The molecular formula is C7H6F3N5S. The second-order valence-electron chi connectivity index (χ2n) is 2.95. The minimum absolute atomic E-state index is 0.0836. The van der Waals surface area contributed by atoms with Crippen LogP contribution in [0.4, 0.5) is 24.0 Å². The van der Waals surface area contributed by atoms with Gasteiger partial charge in [-0.2, -0.15) is 27.6 Å². The van der Waals surface area contributed by atoms with E-state index in [-0.39, 0.29) is 5.13 Å². The molecule has 1 N–H and O–H groups in total. The Morgan fingerprint density at radius 1 is 1.44 bits per heavy atom. The molecule has 0 atom stereocenters. The van der Waals surface area contributed by atoms with Crippen molar-refractivity contribution in [1.82, 2.24) is 19.1 Å². The Hall–Kier alpha value is -1.64. The molecule has 2 aromatic rings. The van der Waals surface area contributed by atoms with E-state index in [1.807, 2.05) is 0 Å². The first-order valence-electron chi connectivity index (χ1n) is 4.12.